The van der Waals surface area contributed by atoms with Crippen molar-refractivity contribution in [3.05, 3.63) is 18.7 Å². The Kier molecular flexibility index (Phi) is 6.38. The van der Waals surface area contributed by atoms with E-state index in [9.17, 15) is 4.79 Å². The number of aromatic nitrogens is 2. The monoisotopic (exact) mass is 256 g/mol. The minimum absolute atomic E-state index is 0.0382. The van der Waals surface area contributed by atoms with Crippen molar-refractivity contribution >= 4 is 6.03 Å². The summed E-state index contributed by atoms with van der Waals surface area (Å²) in [6.07, 6.45) is 6.15. The summed E-state index contributed by atoms with van der Waals surface area (Å²) in [5, 5.41) is 0. The SMILES string of the molecule is COCCCN(CCOC)C(=O)n1cc[n+](C)c1. The van der Waals surface area contributed by atoms with Crippen molar-refractivity contribution < 1.29 is 18.8 Å². The van der Waals surface area contributed by atoms with Gasteiger partial charge in [-0.1, -0.05) is 0 Å². The number of carbonyl (C=O) groups is 1. The number of amides is 1. The molecule has 0 unspecified atom stereocenters. The Hall–Kier alpha value is -1.40. The molecule has 0 radical (unpaired) electrons. The lowest BCUT2D eigenvalue weighted by Crippen LogP contribution is -2.38. The van der Waals surface area contributed by atoms with E-state index in [2.05, 4.69) is 0 Å². The Morgan fingerprint density at radius 1 is 1.28 bits per heavy atom. The van der Waals surface area contributed by atoms with E-state index in [1.807, 2.05) is 17.8 Å². The highest BCUT2D eigenvalue weighted by Gasteiger charge is 2.19. The van der Waals surface area contributed by atoms with Crippen molar-refractivity contribution in [3.63, 3.8) is 0 Å². The maximum atomic E-state index is 12.2. The molecule has 0 spiro atoms. The lowest BCUT2D eigenvalue weighted by molar-refractivity contribution is -0.670. The molecule has 1 rings (SSSR count). The van der Waals surface area contributed by atoms with E-state index in [0.29, 0.717) is 26.3 Å². The molecule has 1 heterocycles. The zero-order chi connectivity index (χ0) is 13.4. The molecule has 102 valence electrons. The van der Waals surface area contributed by atoms with E-state index < -0.39 is 0 Å². The molecule has 0 aliphatic carbocycles. The van der Waals surface area contributed by atoms with Crippen molar-refractivity contribution in [3.8, 4) is 0 Å². The van der Waals surface area contributed by atoms with Crippen molar-refractivity contribution in [2.75, 3.05) is 40.5 Å². The molecule has 0 saturated carbocycles. The molecule has 1 amide bonds. The number of hydrogen-bond donors (Lipinski definition) is 0. The molecular formula is C12H22N3O3+. The van der Waals surface area contributed by atoms with Gasteiger partial charge in [0.1, 0.15) is 12.4 Å². The second-order valence-electron chi connectivity index (χ2n) is 4.10. The standard InChI is InChI=1S/C12H22N3O3/c1-13-6-7-15(11-13)12(16)14(8-10-18-3)5-4-9-17-2/h6-7,11H,4-5,8-10H2,1-3H3/q+1. The van der Waals surface area contributed by atoms with Crippen LogP contribution in [0.15, 0.2) is 18.7 Å². The predicted molar refractivity (Wildman–Crippen MR) is 66.3 cm³/mol. The minimum Gasteiger partial charge on any atom is -0.385 e. The second-order valence-corrected chi connectivity index (χ2v) is 4.10. The van der Waals surface area contributed by atoms with Gasteiger partial charge in [-0.2, -0.15) is 4.57 Å². The Labute approximate surface area is 108 Å². The summed E-state index contributed by atoms with van der Waals surface area (Å²) < 4.78 is 13.4. The van der Waals surface area contributed by atoms with E-state index in [1.54, 1.807) is 36.2 Å². The molecule has 1 aromatic rings. The van der Waals surface area contributed by atoms with Crippen LogP contribution in [0.5, 0.6) is 0 Å². The summed E-state index contributed by atoms with van der Waals surface area (Å²) in [6, 6.07) is -0.0382. The number of aryl methyl sites for hydroxylation is 1. The van der Waals surface area contributed by atoms with Crippen LogP contribution >= 0.6 is 0 Å². The van der Waals surface area contributed by atoms with Crippen LogP contribution in [0.4, 0.5) is 4.79 Å². The van der Waals surface area contributed by atoms with Crippen molar-refractivity contribution in [2.24, 2.45) is 7.05 Å². The van der Waals surface area contributed by atoms with Crippen LogP contribution in [-0.4, -0.2) is 56.0 Å². The topological polar surface area (TPSA) is 47.6 Å². The van der Waals surface area contributed by atoms with Gasteiger partial charge in [0.2, 0.25) is 0 Å². The average molecular weight is 256 g/mol. The predicted octanol–water partition coefficient (Wildman–Crippen LogP) is 0.266. The van der Waals surface area contributed by atoms with Gasteiger partial charge in [0, 0.05) is 33.9 Å². The summed E-state index contributed by atoms with van der Waals surface area (Å²) in [5.74, 6) is 0. The smallest absolute Gasteiger partial charge is 0.385 e. The third kappa shape index (κ3) is 4.46. The summed E-state index contributed by atoms with van der Waals surface area (Å²) >= 11 is 0. The lowest BCUT2D eigenvalue weighted by atomic mass is 10.4. The maximum Gasteiger partial charge on any atom is 0.415 e. The number of hydrogen-bond acceptors (Lipinski definition) is 3. The van der Waals surface area contributed by atoms with Gasteiger partial charge < -0.3 is 14.4 Å². The molecular weight excluding hydrogens is 234 g/mol. The van der Waals surface area contributed by atoms with Crippen molar-refractivity contribution in [1.82, 2.24) is 9.47 Å². The van der Waals surface area contributed by atoms with Gasteiger partial charge in [-0.15, -0.1) is 0 Å². The summed E-state index contributed by atoms with van der Waals surface area (Å²) in [4.78, 5) is 14.0. The molecule has 0 aromatic carbocycles. The van der Waals surface area contributed by atoms with Crippen LogP contribution in [-0.2, 0) is 16.5 Å². The molecule has 0 bridgehead atoms. The molecule has 0 atom stereocenters. The van der Waals surface area contributed by atoms with E-state index in [-0.39, 0.29) is 6.03 Å². The average Bonchev–Trinajstić information content (AvgIpc) is 2.79. The fourth-order valence-electron chi connectivity index (χ4n) is 1.63. The highest BCUT2D eigenvalue weighted by molar-refractivity contribution is 5.76. The number of carbonyl (C=O) groups excluding carboxylic acids is 1. The molecule has 6 nitrogen and oxygen atoms in total. The van der Waals surface area contributed by atoms with E-state index in [4.69, 9.17) is 9.47 Å². The van der Waals surface area contributed by atoms with Crippen LogP contribution < -0.4 is 4.57 Å². The molecule has 0 aliphatic rings. The number of methoxy groups -OCH3 is 2. The fraction of sp³-hybridized carbons (Fsp3) is 0.667. The third-order valence-electron chi connectivity index (χ3n) is 2.60. The second kappa shape index (κ2) is 7.84. The van der Waals surface area contributed by atoms with Gasteiger partial charge in [-0.05, 0) is 6.42 Å². The highest BCUT2D eigenvalue weighted by Crippen LogP contribution is 1.98. The zero-order valence-electron chi connectivity index (χ0n) is 11.3. The number of imidazole rings is 1. The first kappa shape index (κ1) is 14.7. The Bertz CT molecular complexity index is 365. The quantitative estimate of drug-likeness (QED) is 0.519. The molecule has 0 N–H and O–H groups in total. The van der Waals surface area contributed by atoms with Gasteiger partial charge in [0.25, 0.3) is 6.33 Å². The van der Waals surface area contributed by atoms with Gasteiger partial charge in [0.05, 0.1) is 13.7 Å². The molecule has 1 aromatic heterocycles. The van der Waals surface area contributed by atoms with E-state index in [0.717, 1.165) is 6.42 Å². The first-order valence-electron chi connectivity index (χ1n) is 5.99. The minimum atomic E-state index is -0.0382. The normalized spacial score (nSPS) is 10.6. The molecule has 0 aliphatic heterocycles. The number of rotatable bonds is 7. The van der Waals surface area contributed by atoms with Crippen LogP contribution in [0.2, 0.25) is 0 Å². The van der Waals surface area contributed by atoms with Crippen LogP contribution in [0.25, 0.3) is 0 Å². The highest BCUT2D eigenvalue weighted by atomic mass is 16.5. The Morgan fingerprint density at radius 3 is 2.56 bits per heavy atom. The molecule has 0 saturated heterocycles. The van der Waals surface area contributed by atoms with Gasteiger partial charge >= 0.3 is 6.03 Å². The molecule has 6 heteroatoms. The van der Waals surface area contributed by atoms with E-state index >= 15 is 0 Å². The van der Waals surface area contributed by atoms with Crippen LogP contribution in [0, 0.1) is 0 Å². The van der Waals surface area contributed by atoms with Gasteiger partial charge in [-0.3, -0.25) is 0 Å². The van der Waals surface area contributed by atoms with E-state index in [1.165, 1.54) is 0 Å². The van der Waals surface area contributed by atoms with Crippen LogP contribution in [0.1, 0.15) is 6.42 Å². The Morgan fingerprint density at radius 2 is 2.00 bits per heavy atom. The summed E-state index contributed by atoms with van der Waals surface area (Å²) in [5.41, 5.74) is 0. The number of ether oxygens (including phenoxy) is 2. The largest absolute Gasteiger partial charge is 0.415 e. The van der Waals surface area contributed by atoms with Crippen molar-refractivity contribution in [2.45, 2.75) is 6.42 Å². The summed E-state index contributed by atoms with van der Waals surface area (Å²) in [6.45, 7) is 2.43. The maximum absolute atomic E-state index is 12.2. The first-order valence-corrected chi connectivity index (χ1v) is 5.99. The first-order chi connectivity index (χ1) is 8.69. The zero-order valence-corrected chi connectivity index (χ0v) is 11.3. The lowest BCUT2D eigenvalue weighted by Gasteiger charge is -2.19. The van der Waals surface area contributed by atoms with Gasteiger partial charge in [0.15, 0.2) is 0 Å². The Balaban J connectivity index is 2.59. The van der Waals surface area contributed by atoms with Gasteiger partial charge in [-0.25, -0.2) is 9.36 Å². The summed E-state index contributed by atoms with van der Waals surface area (Å²) in [7, 11) is 5.18. The fourth-order valence-corrected chi connectivity index (χ4v) is 1.63. The van der Waals surface area contributed by atoms with Crippen LogP contribution in [0.3, 0.4) is 0 Å². The number of nitrogens with zero attached hydrogens (tertiary/aromatic N) is 3. The third-order valence-corrected chi connectivity index (χ3v) is 2.60. The van der Waals surface area contributed by atoms with Crippen molar-refractivity contribution in [1.29, 1.82) is 0 Å². The molecule has 0 fully saturated rings. The molecule has 18 heavy (non-hydrogen) atoms.